The molecule has 0 aliphatic rings. The van der Waals surface area contributed by atoms with E-state index in [-0.39, 0.29) is 0 Å². The van der Waals surface area contributed by atoms with Crippen LogP contribution in [0.2, 0.25) is 0 Å². The quantitative estimate of drug-likeness (QED) is 0.582. The van der Waals surface area contributed by atoms with Gasteiger partial charge in [-0.1, -0.05) is 30.3 Å². The number of fused-ring (bicyclic) bond motifs is 3. The average Bonchev–Trinajstić information content (AvgIpc) is 2.60. The predicted molar refractivity (Wildman–Crippen MR) is 88.6 cm³/mol. The van der Waals surface area contributed by atoms with E-state index in [1.807, 2.05) is 42.7 Å². The Morgan fingerprint density at radius 3 is 2.41 bits per heavy atom. The molecule has 0 atom stereocenters. The van der Waals surface area contributed by atoms with Gasteiger partial charge in [-0.15, -0.1) is 0 Å². The number of nitrogens with zero attached hydrogens (tertiary/aromatic N) is 3. The van der Waals surface area contributed by atoms with Crippen LogP contribution >= 0.6 is 0 Å². The van der Waals surface area contributed by atoms with Crippen LogP contribution in [0.3, 0.4) is 0 Å². The summed E-state index contributed by atoms with van der Waals surface area (Å²) >= 11 is 0. The SMILES string of the molecule is c1ccc(CNc2nc3ccncc3c3cnccc23)cc1. The van der Waals surface area contributed by atoms with Gasteiger partial charge in [-0.2, -0.15) is 0 Å². The zero-order valence-corrected chi connectivity index (χ0v) is 11.9. The molecule has 0 aliphatic heterocycles. The Morgan fingerprint density at radius 1 is 0.773 bits per heavy atom. The van der Waals surface area contributed by atoms with E-state index in [0.717, 1.165) is 34.0 Å². The van der Waals surface area contributed by atoms with Crippen molar-refractivity contribution in [1.82, 2.24) is 15.0 Å². The lowest BCUT2D eigenvalue weighted by Crippen LogP contribution is -2.02. The minimum atomic E-state index is 0.738. The molecule has 0 radical (unpaired) electrons. The van der Waals surface area contributed by atoms with Gasteiger partial charge < -0.3 is 5.32 Å². The molecule has 106 valence electrons. The van der Waals surface area contributed by atoms with E-state index in [0.29, 0.717) is 0 Å². The number of nitrogens with one attached hydrogen (secondary N) is 1. The molecule has 0 aliphatic carbocycles. The normalized spacial score (nSPS) is 10.9. The van der Waals surface area contributed by atoms with Crippen molar-refractivity contribution in [3.63, 3.8) is 0 Å². The number of hydrogen-bond donors (Lipinski definition) is 1. The van der Waals surface area contributed by atoms with Gasteiger partial charge in [0.1, 0.15) is 5.82 Å². The van der Waals surface area contributed by atoms with Crippen LogP contribution in [-0.2, 0) is 6.54 Å². The van der Waals surface area contributed by atoms with E-state index in [2.05, 4.69) is 27.4 Å². The molecule has 1 N–H and O–H groups in total. The lowest BCUT2D eigenvalue weighted by Gasteiger charge is -2.11. The fraction of sp³-hybridized carbons (Fsp3) is 0.0556. The van der Waals surface area contributed by atoms with Gasteiger partial charge in [0.25, 0.3) is 0 Å². The summed E-state index contributed by atoms with van der Waals surface area (Å²) in [4.78, 5) is 13.2. The predicted octanol–water partition coefficient (Wildman–Crippen LogP) is 3.79. The molecule has 22 heavy (non-hydrogen) atoms. The lowest BCUT2D eigenvalue weighted by molar-refractivity contribution is 1.13. The molecule has 4 aromatic rings. The van der Waals surface area contributed by atoms with E-state index in [4.69, 9.17) is 4.98 Å². The summed E-state index contributed by atoms with van der Waals surface area (Å²) in [6, 6.07) is 14.2. The van der Waals surface area contributed by atoms with Crippen molar-refractivity contribution in [2.75, 3.05) is 5.32 Å². The molecule has 0 saturated carbocycles. The fourth-order valence-corrected chi connectivity index (χ4v) is 2.60. The van der Waals surface area contributed by atoms with Crippen molar-refractivity contribution in [3.05, 3.63) is 72.8 Å². The summed E-state index contributed by atoms with van der Waals surface area (Å²) < 4.78 is 0. The summed E-state index contributed by atoms with van der Waals surface area (Å²) in [7, 11) is 0. The van der Waals surface area contributed by atoms with Gasteiger partial charge in [0.2, 0.25) is 0 Å². The minimum Gasteiger partial charge on any atom is -0.365 e. The first-order valence-corrected chi connectivity index (χ1v) is 7.17. The van der Waals surface area contributed by atoms with E-state index in [9.17, 15) is 0 Å². The van der Waals surface area contributed by atoms with E-state index >= 15 is 0 Å². The number of rotatable bonds is 3. The molecular formula is C18H14N4. The van der Waals surface area contributed by atoms with Gasteiger partial charge in [-0.25, -0.2) is 4.98 Å². The summed E-state index contributed by atoms with van der Waals surface area (Å²) in [6.07, 6.45) is 7.26. The number of aromatic nitrogens is 3. The fourth-order valence-electron chi connectivity index (χ4n) is 2.60. The maximum atomic E-state index is 4.74. The van der Waals surface area contributed by atoms with Crippen LogP contribution in [-0.4, -0.2) is 15.0 Å². The monoisotopic (exact) mass is 286 g/mol. The Hall–Kier alpha value is -3.01. The second kappa shape index (κ2) is 5.41. The average molecular weight is 286 g/mol. The molecule has 0 fully saturated rings. The van der Waals surface area contributed by atoms with Gasteiger partial charge >= 0.3 is 0 Å². The van der Waals surface area contributed by atoms with E-state index in [1.54, 1.807) is 12.4 Å². The van der Waals surface area contributed by atoms with Crippen LogP contribution in [0.4, 0.5) is 5.82 Å². The minimum absolute atomic E-state index is 0.738. The Morgan fingerprint density at radius 2 is 1.55 bits per heavy atom. The standard InChI is InChI=1S/C18H14N4/c1-2-4-13(5-3-1)10-21-18-14-6-8-19-11-15(14)16-12-20-9-7-17(16)22-18/h1-9,11-12H,10H2,(H,21,22). The zero-order valence-electron chi connectivity index (χ0n) is 11.9. The van der Waals surface area contributed by atoms with E-state index < -0.39 is 0 Å². The number of hydrogen-bond acceptors (Lipinski definition) is 4. The van der Waals surface area contributed by atoms with Gasteiger partial charge in [0, 0.05) is 47.5 Å². The molecular weight excluding hydrogens is 272 g/mol. The van der Waals surface area contributed by atoms with Crippen LogP contribution in [0.1, 0.15) is 5.56 Å². The van der Waals surface area contributed by atoms with Gasteiger partial charge in [0.05, 0.1) is 5.52 Å². The number of pyridine rings is 3. The van der Waals surface area contributed by atoms with Crippen molar-refractivity contribution < 1.29 is 0 Å². The zero-order chi connectivity index (χ0) is 14.8. The number of benzene rings is 1. The molecule has 3 aromatic heterocycles. The second-order valence-electron chi connectivity index (χ2n) is 5.11. The third-order valence-electron chi connectivity index (χ3n) is 3.70. The van der Waals surface area contributed by atoms with Crippen LogP contribution in [0.25, 0.3) is 21.7 Å². The van der Waals surface area contributed by atoms with Crippen LogP contribution in [0.15, 0.2) is 67.3 Å². The maximum Gasteiger partial charge on any atom is 0.134 e. The third-order valence-corrected chi connectivity index (χ3v) is 3.70. The smallest absolute Gasteiger partial charge is 0.134 e. The molecule has 3 heterocycles. The molecule has 4 rings (SSSR count). The molecule has 0 amide bonds. The first-order chi connectivity index (χ1) is 10.9. The summed E-state index contributed by atoms with van der Waals surface area (Å²) in [5.74, 6) is 0.875. The van der Waals surface area contributed by atoms with Crippen molar-refractivity contribution in [2.24, 2.45) is 0 Å². The van der Waals surface area contributed by atoms with E-state index in [1.165, 1.54) is 5.56 Å². The van der Waals surface area contributed by atoms with Gasteiger partial charge in [-0.05, 0) is 17.7 Å². The van der Waals surface area contributed by atoms with Crippen molar-refractivity contribution >= 4 is 27.5 Å². The van der Waals surface area contributed by atoms with Crippen LogP contribution in [0, 0.1) is 0 Å². The Balaban J connectivity index is 1.81. The van der Waals surface area contributed by atoms with Crippen molar-refractivity contribution in [1.29, 1.82) is 0 Å². The molecule has 0 spiro atoms. The van der Waals surface area contributed by atoms with Crippen molar-refractivity contribution in [2.45, 2.75) is 6.54 Å². The highest BCUT2D eigenvalue weighted by Gasteiger charge is 2.08. The third kappa shape index (κ3) is 2.24. The summed E-state index contributed by atoms with van der Waals surface area (Å²) in [6.45, 7) is 0.738. The maximum absolute atomic E-state index is 4.74. The second-order valence-corrected chi connectivity index (χ2v) is 5.11. The summed E-state index contributed by atoms with van der Waals surface area (Å²) in [5.41, 5.74) is 2.15. The van der Waals surface area contributed by atoms with Crippen LogP contribution in [0.5, 0.6) is 0 Å². The van der Waals surface area contributed by atoms with Gasteiger partial charge in [0.15, 0.2) is 0 Å². The van der Waals surface area contributed by atoms with Gasteiger partial charge in [-0.3, -0.25) is 9.97 Å². The molecule has 1 aromatic carbocycles. The summed E-state index contributed by atoms with van der Waals surface area (Å²) in [5, 5.41) is 6.59. The number of anilines is 1. The van der Waals surface area contributed by atoms with Crippen LogP contribution < -0.4 is 5.32 Å². The molecule has 4 nitrogen and oxygen atoms in total. The topological polar surface area (TPSA) is 50.7 Å². The highest BCUT2D eigenvalue weighted by molar-refractivity contribution is 6.09. The first-order valence-electron chi connectivity index (χ1n) is 7.17. The lowest BCUT2D eigenvalue weighted by atomic mass is 10.1. The Kier molecular flexibility index (Phi) is 3.12. The highest BCUT2D eigenvalue weighted by atomic mass is 15.0. The highest BCUT2D eigenvalue weighted by Crippen LogP contribution is 2.28. The first kappa shape index (κ1) is 12.7. The Labute approximate surface area is 127 Å². The molecule has 0 saturated heterocycles. The molecule has 0 bridgehead atoms. The molecule has 4 heteroatoms. The largest absolute Gasteiger partial charge is 0.365 e. The molecule has 0 unspecified atom stereocenters. The Bertz CT molecular complexity index is 935. The van der Waals surface area contributed by atoms with Crippen molar-refractivity contribution in [3.8, 4) is 0 Å².